The van der Waals surface area contributed by atoms with Crippen LogP contribution in [0.25, 0.3) is 22.3 Å². The van der Waals surface area contributed by atoms with Crippen molar-refractivity contribution in [1.82, 2.24) is 19.9 Å². The summed E-state index contributed by atoms with van der Waals surface area (Å²) in [6.07, 6.45) is 7.65. The van der Waals surface area contributed by atoms with Crippen molar-refractivity contribution in [2.75, 3.05) is 18.0 Å². The largest absolute Gasteiger partial charge is 0.370 e. The van der Waals surface area contributed by atoms with Crippen LogP contribution in [0.15, 0.2) is 37.1 Å². The number of piperidine rings is 1. The second kappa shape index (κ2) is 7.23. The van der Waals surface area contributed by atoms with Gasteiger partial charge in [0.1, 0.15) is 18.1 Å². The number of hydrogen-bond acceptors (Lipinski definition) is 5. The first-order valence-corrected chi connectivity index (χ1v) is 8.66. The second-order valence-electron chi connectivity index (χ2n) is 6.47. The molecule has 0 aliphatic carbocycles. The highest BCUT2D eigenvalue weighted by Gasteiger charge is 2.30. The van der Waals surface area contributed by atoms with Crippen LogP contribution in [0.3, 0.4) is 0 Å². The second-order valence-corrected chi connectivity index (χ2v) is 6.47. The Labute approximate surface area is 151 Å². The lowest BCUT2D eigenvalue weighted by molar-refractivity contribution is 0.207. The predicted octanol–water partition coefficient (Wildman–Crippen LogP) is 2.50. The maximum atomic E-state index is 14.3. The number of carbonyl (C=O) groups is 1. The first-order valence-electron chi connectivity index (χ1n) is 8.66. The van der Waals surface area contributed by atoms with Crippen molar-refractivity contribution in [3.05, 3.63) is 37.1 Å². The molecule has 1 fully saturated rings. The SMILES string of the molecule is O=C[B]CC1CN(c2ccnc3[nH]cc(-c4ccncn4)c23)CCC1F. The van der Waals surface area contributed by atoms with Crippen LogP contribution in [0.4, 0.5) is 10.1 Å². The Balaban J connectivity index is 1.72. The Morgan fingerprint density at radius 2 is 2.27 bits per heavy atom. The number of alkyl halides is 1. The zero-order valence-electron chi connectivity index (χ0n) is 14.2. The van der Waals surface area contributed by atoms with Crippen molar-refractivity contribution >= 4 is 30.2 Å². The lowest BCUT2D eigenvalue weighted by Gasteiger charge is -2.37. The zero-order valence-corrected chi connectivity index (χ0v) is 14.2. The van der Waals surface area contributed by atoms with Gasteiger partial charge >= 0.3 is 0 Å². The molecule has 26 heavy (non-hydrogen) atoms. The fourth-order valence-electron chi connectivity index (χ4n) is 3.63. The quantitative estimate of drug-likeness (QED) is 0.565. The number of nitrogens with zero attached hydrogens (tertiary/aromatic N) is 4. The van der Waals surface area contributed by atoms with Crippen LogP contribution in [0.1, 0.15) is 6.42 Å². The average Bonchev–Trinajstić information content (AvgIpc) is 3.12. The molecule has 0 spiro atoms. The Bertz CT molecular complexity index is 903. The van der Waals surface area contributed by atoms with E-state index in [-0.39, 0.29) is 5.92 Å². The number of nitrogens with one attached hydrogen (secondary N) is 1. The number of aromatic nitrogens is 4. The summed E-state index contributed by atoms with van der Waals surface area (Å²) in [6.45, 7) is 1.20. The molecule has 4 heterocycles. The van der Waals surface area contributed by atoms with Crippen LogP contribution in [0, 0.1) is 5.92 Å². The lowest BCUT2D eigenvalue weighted by Crippen LogP contribution is -2.42. The summed E-state index contributed by atoms with van der Waals surface area (Å²) in [4.78, 5) is 28.7. The summed E-state index contributed by atoms with van der Waals surface area (Å²) in [7, 11) is 1.51. The van der Waals surface area contributed by atoms with Gasteiger partial charge in [0.25, 0.3) is 0 Å². The van der Waals surface area contributed by atoms with Crippen molar-refractivity contribution in [2.45, 2.75) is 18.9 Å². The van der Waals surface area contributed by atoms with Crippen LogP contribution in [0.2, 0.25) is 6.32 Å². The lowest BCUT2D eigenvalue weighted by atomic mass is 9.69. The fourth-order valence-corrected chi connectivity index (χ4v) is 3.63. The van der Waals surface area contributed by atoms with Gasteiger partial charge < -0.3 is 14.7 Å². The number of pyridine rings is 1. The highest BCUT2D eigenvalue weighted by atomic mass is 19.1. The summed E-state index contributed by atoms with van der Waals surface area (Å²) in [5, 5.41) is 0.974. The maximum absolute atomic E-state index is 14.3. The topological polar surface area (TPSA) is 74.8 Å². The molecule has 3 aromatic heterocycles. The van der Waals surface area contributed by atoms with Gasteiger partial charge in [-0.1, -0.05) is 6.32 Å². The summed E-state index contributed by atoms with van der Waals surface area (Å²) in [5.41, 5.74) is 3.54. The Morgan fingerprint density at radius 1 is 1.35 bits per heavy atom. The van der Waals surface area contributed by atoms with E-state index in [4.69, 9.17) is 0 Å². The van der Waals surface area contributed by atoms with Gasteiger partial charge in [-0.25, -0.2) is 19.3 Å². The molecule has 131 valence electrons. The van der Waals surface area contributed by atoms with Crippen molar-refractivity contribution in [2.24, 2.45) is 5.92 Å². The van der Waals surface area contributed by atoms with E-state index in [0.717, 1.165) is 34.2 Å². The molecule has 1 aliphatic heterocycles. The minimum absolute atomic E-state index is 0.182. The summed E-state index contributed by atoms with van der Waals surface area (Å²) < 4.78 is 14.3. The normalized spacial score (nSPS) is 20.3. The molecular weight excluding hydrogens is 332 g/mol. The van der Waals surface area contributed by atoms with Crippen LogP contribution in [-0.4, -0.2) is 52.7 Å². The molecule has 3 aromatic rings. The van der Waals surface area contributed by atoms with Crippen LogP contribution >= 0.6 is 0 Å². The third kappa shape index (κ3) is 3.07. The molecule has 0 saturated carbocycles. The van der Waals surface area contributed by atoms with E-state index < -0.39 is 6.17 Å². The third-order valence-corrected chi connectivity index (χ3v) is 4.93. The fraction of sp³-hybridized carbons (Fsp3) is 0.333. The Hall–Kier alpha value is -2.77. The first-order chi connectivity index (χ1) is 12.8. The number of fused-ring (bicyclic) bond motifs is 1. The molecule has 1 radical (unpaired) electrons. The average molecular weight is 350 g/mol. The van der Waals surface area contributed by atoms with Crippen molar-refractivity contribution in [3.63, 3.8) is 0 Å². The molecule has 2 atom stereocenters. The molecular formula is C18H18BFN5O. The van der Waals surface area contributed by atoms with Gasteiger partial charge in [-0.3, -0.25) is 0 Å². The third-order valence-electron chi connectivity index (χ3n) is 4.93. The maximum Gasteiger partial charge on any atom is 0.198 e. The van der Waals surface area contributed by atoms with E-state index in [1.807, 2.05) is 18.3 Å². The van der Waals surface area contributed by atoms with E-state index in [1.54, 1.807) is 12.4 Å². The molecule has 8 heteroatoms. The van der Waals surface area contributed by atoms with Crippen molar-refractivity contribution in [3.8, 4) is 11.3 Å². The van der Waals surface area contributed by atoms with E-state index in [1.165, 1.54) is 13.6 Å². The van der Waals surface area contributed by atoms with Gasteiger partial charge in [0.05, 0.1) is 17.3 Å². The van der Waals surface area contributed by atoms with E-state index >= 15 is 0 Å². The van der Waals surface area contributed by atoms with E-state index in [9.17, 15) is 9.18 Å². The van der Waals surface area contributed by atoms with Crippen molar-refractivity contribution < 1.29 is 9.18 Å². The van der Waals surface area contributed by atoms with Gasteiger partial charge in [0.2, 0.25) is 0 Å². The van der Waals surface area contributed by atoms with Crippen molar-refractivity contribution in [1.29, 1.82) is 0 Å². The highest BCUT2D eigenvalue weighted by Crippen LogP contribution is 2.36. The number of aromatic amines is 1. The number of anilines is 1. The number of hydrogen-bond donors (Lipinski definition) is 1. The number of halogens is 1. The minimum Gasteiger partial charge on any atom is -0.370 e. The molecule has 0 bridgehead atoms. The predicted molar refractivity (Wildman–Crippen MR) is 99.6 cm³/mol. The van der Waals surface area contributed by atoms with Gasteiger partial charge in [0, 0.05) is 48.8 Å². The molecule has 6 nitrogen and oxygen atoms in total. The molecule has 1 saturated heterocycles. The van der Waals surface area contributed by atoms with Gasteiger partial charge in [-0.05, 0) is 18.6 Å². The van der Waals surface area contributed by atoms with Gasteiger partial charge in [-0.15, -0.1) is 0 Å². The molecule has 2 unspecified atom stereocenters. The van der Waals surface area contributed by atoms with Crippen LogP contribution in [-0.2, 0) is 4.79 Å². The molecule has 1 aliphatic rings. The highest BCUT2D eigenvalue weighted by molar-refractivity contribution is 6.66. The number of rotatable bonds is 5. The Kier molecular flexibility index (Phi) is 4.64. The number of H-pyrrole nitrogens is 1. The number of carbonyl (C=O) groups excluding carboxylic acids is 1. The zero-order chi connectivity index (χ0) is 17.9. The van der Waals surface area contributed by atoms with Crippen LogP contribution < -0.4 is 4.90 Å². The summed E-state index contributed by atoms with van der Waals surface area (Å²) in [5.74, 6) is -0.182. The van der Waals surface area contributed by atoms with Gasteiger partial charge in [0.15, 0.2) is 7.28 Å². The van der Waals surface area contributed by atoms with Crippen LogP contribution in [0.5, 0.6) is 0 Å². The minimum atomic E-state index is -0.882. The molecule has 4 rings (SSSR count). The van der Waals surface area contributed by atoms with Gasteiger partial charge in [-0.2, -0.15) is 0 Å². The first kappa shape index (κ1) is 16.7. The summed E-state index contributed by atoms with van der Waals surface area (Å²) >= 11 is 0. The monoisotopic (exact) mass is 350 g/mol. The molecule has 1 N–H and O–H groups in total. The molecule has 0 amide bonds. The Morgan fingerprint density at radius 3 is 3.08 bits per heavy atom. The standard InChI is InChI=1S/C18H18BFN5O/c20-14-3-6-25(9-12(14)7-19-10-26)16-2-5-22-18-17(16)13(8-23-18)15-1-4-21-11-24-15/h1-2,4-5,8,10-12,14H,3,6-7,9H2,(H,22,23). The summed E-state index contributed by atoms with van der Waals surface area (Å²) in [6, 6.07) is 3.81. The smallest absolute Gasteiger partial charge is 0.198 e. The van der Waals surface area contributed by atoms with E-state index in [2.05, 4.69) is 24.8 Å². The van der Waals surface area contributed by atoms with E-state index in [0.29, 0.717) is 25.8 Å². The molecule has 0 aromatic carbocycles.